The van der Waals surface area contributed by atoms with Gasteiger partial charge in [0, 0.05) is 17.4 Å². The van der Waals surface area contributed by atoms with Gasteiger partial charge in [0.1, 0.15) is 0 Å². The molecule has 134 valence electrons. The number of rotatable bonds is 6. The first kappa shape index (κ1) is 17.3. The number of fused-ring (bicyclic) bond motifs is 1. The fourth-order valence-corrected chi connectivity index (χ4v) is 2.58. The summed E-state index contributed by atoms with van der Waals surface area (Å²) in [7, 11) is 3.08. The van der Waals surface area contributed by atoms with E-state index in [1.807, 2.05) is 0 Å². The van der Waals surface area contributed by atoms with Gasteiger partial charge in [-0.1, -0.05) is 0 Å². The Morgan fingerprint density at radius 1 is 0.923 bits per heavy atom. The van der Waals surface area contributed by atoms with Crippen LogP contribution in [0.15, 0.2) is 36.4 Å². The normalized spacial score (nSPS) is 12.2. The molecule has 3 N–H and O–H groups in total. The zero-order chi connectivity index (χ0) is 18.7. The number of ether oxygens (including phenoxy) is 2. The molecule has 0 bridgehead atoms. The van der Waals surface area contributed by atoms with Gasteiger partial charge in [-0.15, -0.1) is 0 Å². The highest BCUT2D eigenvalue weighted by molar-refractivity contribution is 6.22. The lowest BCUT2D eigenvalue weighted by atomic mass is 10.1. The number of carbonyl (C=O) groups is 3. The molecule has 0 fully saturated rings. The highest BCUT2D eigenvalue weighted by Crippen LogP contribution is 2.29. The van der Waals surface area contributed by atoms with Crippen molar-refractivity contribution in [2.45, 2.75) is 0 Å². The SMILES string of the molecule is COc1ccc(NCC(=O)Nc2ccc3c(c2)C(=O)NC3=O)cc1OC. The number of anilines is 2. The van der Waals surface area contributed by atoms with Gasteiger partial charge in [0.2, 0.25) is 5.91 Å². The summed E-state index contributed by atoms with van der Waals surface area (Å²) in [6, 6.07) is 9.77. The van der Waals surface area contributed by atoms with Crippen LogP contribution in [0.25, 0.3) is 0 Å². The van der Waals surface area contributed by atoms with Gasteiger partial charge in [0.05, 0.1) is 31.9 Å². The van der Waals surface area contributed by atoms with Crippen molar-refractivity contribution in [2.24, 2.45) is 0 Å². The Kier molecular flexibility index (Phi) is 4.74. The molecule has 2 aromatic rings. The molecule has 0 atom stereocenters. The highest BCUT2D eigenvalue weighted by Gasteiger charge is 2.26. The maximum atomic E-state index is 12.1. The van der Waals surface area contributed by atoms with Gasteiger partial charge < -0.3 is 20.1 Å². The van der Waals surface area contributed by atoms with Crippen molar-refractivity contribution < 1.29 is 23.9 Å². The highest BCUT2D eigenvalue weighted by atomic mass is 16.5. The first-order chi connectivity index (χ1) is 12.5. The van der Waals surface area contributed by atoms with E-state index >= 15 is 0 Å². The molecule has 0 aliphatic carbocycles. The third-order valence-electron chi connectivity index (χ3n) is 3.86. The predicted octanol–water partition coefficient (Wildman–Crippen LogP) is 1.64. The Balaban J connectivity index is 1.62. The number of nitrogens with one attached hydrogen (secondary N) is 3. The summed E-state index contributed by atoms with van der Waals surface area (Å²) < 4.78 is 10.4. The molecule has 0 spiro atoms. The molecular formula is C18H17N3O5. The van der Waals surface area contributed by atoms with Crippen molar-refractivity contribution in [2.75, 3.05) is 31.4 Å². The number of amides is 3. The Bertz CT molecular complexity index is 894. The Labute approximate surface area is 149 Å². The average molecular weight is 355 g/mol. The number of benzene rings is 2. The first-order valence-corrected chi connectivity index (χ1v) is 7.77. The van der Waals surface area contributed by atoms with Crippen molar-refractivity contribution in [1.29, 1.82) is 0 Å². The number of carbonyl (C=O) groups excluding carboxylic acids is 3. The minimum absolute atomic E-state index is 0.0116. The molecule has 1 heterocycles. The van der Waals surface area contributed by atoms with E-state index in [1.165, 1.54) is 19.2 Å². The summed E-state index contributed by atoms with van der Waals surface area (Å²) in [5.74, 6) is -0.0623. The maximum absolute atomic E-state index is 12.1. The van der Waals surface area contributed by atoms with Crippen LogP contribution in [-0.4, -0.2) is 38.5 Å². The topological polar surface area (TPSA) is 106 Å². The van der Waals surface area contributed by atoms with E-state index in [-0.39, 0.29) is 18.0 Å². The molecule has 0 aromatic heterocycles. The molecule has 0 saturated carbocycles. The van der Waals surface area contributed by atoms with Crippen LogP contribution < -0.4 is 25.4 Å². The van der Waals surface area contributed by atoms with Crippen LogP contribution in [0.4, 0.5) is 11.4 Å². The van der Waals surface area contributed by atoms with Crippen LogP contribution in [0.1, 0.15) is 20.7 Å². The Morgan fingerprint density at radius 2 is 1.62 bits per heavy atom. The lowest BCUT2D eigenvalue weighted by Crippen LogP contribution is -2.22. The smallest absolute Gasteiger partial charge is 0.259 e. The number of hydrogen-bond acceptors (Lipinski definition) is 6. The number of imide groups is 1. The largest absolute Gasteiger partial charge is 0.493 e. The van der Waals surface area contributed by atoms with Crippen LogP contribution in [0, 0.1) is 0 Å². The predicted molar refractivity (Wildman–Crippen MR) is 94.9 cm³/mol. The molecular weight excluding hydrogens is 338 g/mol. The Morgan fingerprint density at radius 3 is 2.35 bits per heavy atom. The summed E-state index contributed by atoms with van der Waals surface area (Å²) in [5.41, 5.74) is 1.68. The third-order valence-corrected chi connectivity index (χ3v) is 3.86. The molecule has 8 heteroatoms. The molecule has 1 aliphatic rings. The van der Waals surface area contributed by atoms with E-state index in [9.17, 15) is 14.4 Å². The summed E-state index contributed by atoms with van der Waals surface area (Å²) in [5, 5.41) is 7.86. The maximum Gasteiger partial charge on any atom is 0.259 e. The van der Waals surface area contributed by atoms with Crippen LogP contribution in [0.2, 0.25) is 0 Å². The minimum atomic E-state index is -0.468. The molecule has 2 aromatic carbocycles. The van der Waals surface area contributed by atoms with E-state index in [4.69, 9.17) is 9.47 Å². The van der Waals surface area contributed by atoms with Crippen molar-refractivity contribution in [3.05, 3.63) is 47.5 Å². The van der Waals surface area contributed by atoms with Crippen LogP contribution >= 0.6 is 0 Å². The quantitative estimate of drug-likeness (QED) is 0.680. The molecule has 1 aliphatic heterocycles. The molecule has 0 unspecified atom stereocenters. The second-order valence-electron chi connectivity index (χ2n) is 5.52. The fraction of sp³-hybridized carbons (Fsp3) is 0.167. The summed E-state index contributed by atoms with van der Waals surface area (Å²) in [4.78, 5) is 35.3. The molecule has 0 radical (unpaired) electrons. The molecule has 8 nitrogen and oxygen atoms in total. The Hall–Kier alpha value is -3.55. The zero-order valence-electron chi connectivity index (χ0n) is 14.2. The second-order valence-corrected chi connectivity index (χ2v) is 5.52. The summed E-state index contributed by atoms with van der Waals surface area (Å²) >= 11 is 0. The van der Waals surface area contributed by atoms with Crippen molar-refractivity contribution in [3.63, 3.8) is 0 Å². The molecule has 0 saturated heterocycles. The number of hydrogen-bond donors (Lipinski definition) is 3. The van der Waals surface area contributed by atoms with Crippen molar-refractivity contribution in [3.8, 4) is 11.5 Å². The van der Waals surface area contributed by atoms with E-state index < -0.39 is 11.8 Å². The fourth-order valence-electron chi connectivity index (χ4n) is 2.58. The second kappa shape index (κ2) is 7.14. The number of methoxy groups -OCH3 is 2. The van der Waals surface area contributed by atoms with Gasteiger partial charge in [-0.3, -0.25) is 19.7 Å². The third kappa shape index (κ3) is 3.44. The summed E-state index contributed by atoms with van der Waals surface area (Å²) in [6.07, 6.45) is 0. The van der Waals surface area contributed by atoms with Gasteiger partial charge in [-0.2, -0.15) is 0 Å². The van der Waals surface area contributed by atoms with Crippen LogP contribution in [0.3, 0.4) is 0 Å². The molecule has 3 rings (SSSR count). The van der Waals surface area contributed by atoms with Gasteiger partial charge in [-0.25, -0.2) is 0 Å². The van der Waals surface area contributed by atoms with E-state index in [1.54, 1.807) is 31.4 Å². The van der Waals surface area contributed by atoms with E-state index in [0.717, 1.165) is 0 Å². The van der Waals surface area contributed by atoms with Crippen LogP contribution in [-0.2, 0) is 4.79 Å². The summed E-state index contributed by atoms with van der Waals surface area (Å²) in [6.45, 7) is 0.0116. The van der Waals surface area contributed by atoms with Crippen molar-refractivity contribution >= 4 is 29.1 Å². The molecule has 26 heavy (non-hydrogen) atoms. The van der Waals surface area contributed by atoms with E-state index in [2.05, 4.69) is 16.0 Å². The zero-order valence-corrected chi connectivity index (χ0v) is 14.2. The van der Waals surface area contributed by atoms with Crippen LogP contribution in [0.5, 0.6) is 11.5 Å². The standard InChI is InChI=1S/C18H17N3O5/c1-25-14-6-4-10(8-15(14)26-2)19-9-16(22)20-11-3-5-12-13(7-11)18(24)21-17(12)23/h3-8,19H,9H2,1-2H3,(H,20,22)(H,21,23,24). The van der Waals surface area contributed by atoms with Gasteiger partial charge >= 0.3 is 0 Å². The lowest BCUT2D eigenvalue weighted by molar-refractivity contribution is -0.114. The average Bonchev–Trinajstić information content (AvgIpc) is 2.93. The van der Waals surface area contributed by atoms with Gasteiger partial charge in [0.25, 0.3) is 11.8 Å². The first-order valence-electron chi connectivity index (χ1n) is 7.77. The lowest BCUT2D eigenvalue weighted by Gasteiger charge is -2.11. The monoisotopic (exact) mass is 355 g/mol. The van der Waals surface area contributed by atoms with Gasteiger partial charge in [0.15, 0.2) is 11.5 Å². The van der Waals surface area contributed by atoms with Crippen molar-refractivity contribution in [1.82, 2.24) is 5.32 Å². The molecule has 3 amide bonds. The van der Waals surface area contributed by atoms with Gasteiger partial charge in [-0.05, 0) is 30.3 Å². The van der Waals surface area contributed by atoms with E-state index in [0.29, 0.717) is 28.4 Å². The minimum Gasteiger partial charge on any atom is -0.493 e.